The zero-order chi connectivity index (χ0) is 14.5. The van der Waals surface area contributed by atoms with Crippen molar-refractivity contribution >= 4 is 11.9 Å². The topological polar surface area (TPSA) is 80.0 Å². The average Bonchev–Trinajstić information content (AvgIpc) is 2.82. The number of aliphatic hydroxyl groups excluding tert-OH is 1. The number of anilines is 1. The summed E-state index contributed by atoms with van der Waals surface area (Å²) in [5.41, 5.74) is 0.259. The van der Waals surface area contributed by atoms with Gasteiger partial charge < -0.3 is 5.11 Å². The molecule has 1 amide bonds. The third kappa shape index (κ3) is 2.99. The van der Waals surface area contributed by atoms with Crippen molar-refractivity contribution < 1.29 is 14.3 Å². The van der Waals surface area contributed by atoms with Crippen molar-refractivity contribution in [2.75, 3.05) is 11.9 Å². The van der Waals surface area contributed by atoms with Crippen LogP contribution in [0.15, 0.2) is 24.5 Å². The summed E-state index contributed by atoms with van der Waals surface area (Å²) in [6.07, 6.45) is 1.28. The quantitative estimate of drug-likeness (QED) is 0.784. The Morgan fingerprint density at radius 2 is 2.35 bits per heavy atom. The van der Waals surface area contributed by atoms with E-state index in [4.69, 9.17) is 5.11 Å². The lowest BCUT2D eigenvalue weighted by Crippen LogP contribution is -2.16. The predicted molar refractivity (Wildman–Crippen MR) is 69.3 cm³/mol. The van der Waals surface area contributed by atoms with Crippen LogP contribution in [0.1, 0.15) is 15.9 Å². The fourth-order valence-corrected chi connectivity index (χ4v) is 1.50. The lowest BCUT2D eigenvalue weighted by Gasteiger charge is -2.05. The molecule has 1 heterocycles. The first-order chi connectivity index (χ1) is 9.61. The number of rotatable bonds is 2. The minimum Gasteiger partial charge on any atom is -0.384 e. The van der Waals surface area contributed by atoms with E-state index in [1.807, 2.05) is 0 Å². The van der Waals surface area contributed by atoms with E-state index in [0.717, 1.165) is 6.07 Å². The second-order valence-corrected chi connectivity index (χ2v) is 3.82. The summed E-state index contributed by atoms with van der Waals surface area (Å²) in [6.45, 7) is -0.310. The van der Waals surface area contributed by atoms with Crippen LogP contribution in [0.4, 0.5) is 10.3 Å². The van der Waals surface area contributed by atoms with Crippen LogP contribution in [0.25, 0.3) is 0 Å². The number of nitrogens with one attached hydrogen (secondary N) is 1. The Labute approximate surface area is 114 Å². The van der Waals surface area contributed by atoms with Crippen molar-refractivity contribution in [1.82, 2.24) is 14.8 Å². The number of benzene rings is 1. The summed E-state index contributed by atoms with van der Waals surface area (Å²) >= 11 is 0. The standard InChI is InChI=1S/C13H11FN4O2/c1-18-13(15-8-16-18)17-12(20)10-5-4-9(3-2-6-19)7-11(10)14/h4-5,7-8,19H,6H2,1H3,(H,15,16,17,20). The van der Waals surface area contributed by atoms with Crippen molar-refractivity contribution in [3.05, 3.63) is 41.5 Å². The van der Waals surface area contributed by atoms with E-state index in [2.05, 4.69) is 27.2 Å². The Morgan fingerprint density at radius 3 is 2.95 bits per heavy atom. The van der Waals surface area contributed by atoms with Gasteiger partial charge in [0.1, 0.15) is 18.8 Å². The largest absolute Gasteiger partial charge is 0.384 e. The van der Waals surface area contributed by atoms with Gasteiger partial charge in [-0.25, -0.2) is 9.07 Å². The third-order valence-electron chi connectivity index (χ3n) is 2.46. The molecule has 102 valence electrons. The van der Waals surface area contributed by atoms with Gasteiger partial charge in [0.15, 0.2) is 0 Å². The number of aliphatic hydroxyl groups is 1. The molecule has 0 fully saturated rings. The van der Waals surface area contributed by atoms with E-state index in [1.165, 1.54) is 23.1 Å². The summed E-state index contributed by atoms with van der Waals surface area (Å²) in [6, 6.07) is 3.95. The molecular formula is C13H11FN4O2. The first-order valence-electron chi connectivity index (χ1n) is 5.66. The summed E-state index contributed by atoms with van der Waals surface area (Å²) in [5, 5.41) is 14.8. The Kier molecular flexibility index (Phi) is 4.08. The average molecular weight is 274 g/mol. The summed E-state index contributed by atoms with van der Waals surface area (Å²) in [5.74, 6) is 3.86. The Balaban J connectivity index is 2.20. The molecule has 2 N–H and O–H groups in total. The van der Waals surface area contributed by atoms with Crippen LogP contribution in [0.5, 0.6) is 0 Å². The number of nitrogens with zero attached hydrogens (tertiary/aromatic N) is 3. The van der Waals surface area contributed by atoms with Gasteiger partial charge in [0.2, 0.25) is 5.95 Å². The maximum Gasteiger partial charge on any atom is 0.260 e. The third-order valence-corrected chi connectivity index (χ3v) is 2.46. The molecule has 0 atom stereocenters. The van der Waals surface area contributed by atoms with Crippen LogP contribution in [0.3, 0.4) is 0 Å². The molecule has 6 nitrogen and oxygen atoms in total. The minimum absolute atomic E-state index is 0.123. The lowest BCUT2D eigenvalue weighted by molar-refractivity contribution is 0.102. The van der Waals surface area contributed by atoms with Gasteiger partial charge >= 0.3 is 0 Å². The normalized spacial score (nSPS) is 9.75. The number of carbonyl (C=O) groups is 1. The van der Waals surface area contributed by atoms with Crippen molar-refractivity contribution in [3.63, 3.8) is 0 Å². The predicted octanol–water partition coefficient (Wildman–Crippen LogP) is 0.550. The Morgan fingerprint density at radius 1 is 1.55 bits per heavy atom. The molecule has 20 heavy (non-hydrogen) atoms. The highest BCUT2D eigenvalue weighted by Crippen LogP contribution is 2.12. The van der Waals surface area contributed by atoms with Crippen LogP contribution in [-0.2, 0) is 7.05 Å². The number of hydrogen-bond donors (Lipinski definition) is 2. The number of hydrogen-bond acceptors (Lipinski definition) is 4. The van der Waals surface area contributed by atoms with E-state index in [1.54, 1.807) is 7.05 Å². The number of aryl methyl sites for hydroxylation is 1. The van der Waals surface area contributed by atoms with Crippen LogP contribution in [0.2, 0.25) is 0 Å². The number of aromatic nitrogens is 3. The SMILES string of the molecule is Cn1ncnc1NC(=O)c1ccc(C#CCO)cc1F. The molecule has 0 aliphatic heterocycles. The van der Waals surface area contributed by atoms with E-state index in [0.29, 0.717) is 5.56 Å². The number of amides is 1. The molecule has 0 unspecified atom stereocenters. The van der Waals surface area contributed by atoms with E-state index in [9.17, 15) is 9.18 Å². The molecule has 1 aromatic carbocycles. The molecule has 0 bridgehead atoms. The van der Waals surface area contributed by atoms with Gasteiger partial charge in [-0.1, -0.05) is 11.8 Å². The molecule has 7 heteroatoms. The van der Waals surface area contributed by atoms with Crippen LogP contribution in [-0.4, -0.2) is 32.4 Å². The minimum atomic E-state index is -0.700. The van der Waals surface area contributed by atoms with Crippen LogP contribution >= 0.6 is 0 Å². The highest BCUT2D eigenvalue weighted by atomic mass is 19.1. The molecule has 2 aromatic rings. The second-order valence-electron chi connectivity index (χ2n) is 3.82. The molecule has 1 aromatic heterocycles. The fourth-order valence-electron chi connectivity index (χ4n) is 1.50. The van der Waals surface area contributed by atoms with Crippen LogP contribution < -0.4 is 5.32 Å². The monoisotopic (exact) mass is 274 g/mol. The zero-order valence-electron chi connectivity index (χ0n) is 10.6. The van der Waals surface area contributed by atoms with Gasteiger partial charge in [-0.3, -0.25) is 10.1 Å². The molecule has 0 spiro atoms. The van der Waals surface area contributed by atoms with Gasteiger partial charge in [0, 0.05) is 12.6 Å². The van der Waals surface area contributed by atoms with Gasteiger partial charge in [-0.15, -0.1) is 0 Å². The second kappa shape index (κ2) is 5.95. The highest BCUT2D eigenvalue weighted by Gasteiger charge is 2.14. The molecule has 0 aliphatic carbocycles. The van der Waals surface area contributed by atoms with Gasteiger partial charge in [-0.05, 0) is 18.2 Å². The van der Waals surface area contributed by atoms with Crippen LogP contribution in [0, 0.1) is 17.7 Å². The maximum absolute atomic E-state index is 13.8. The highest BCUT2D eigenvalue weighted by molar-refractivity contribution is 6.03. The van der Waals surface area contributed by atoms with Gasteiger partial charge in [0.05, 0.1) is 5.56 Å². The van der Waals surface area contributed by atoms with Crippen molar-refractivity contribution in [2.45, 2.75) is 0 Å². The Hall–Kier alpha value is -2.72. The van der Waals surface area contributed by atoms with Crippen molar-refractivity contribution in [3.8, 4) is 11.8 Å². The smallest absolute Gasteiger partial charge is 0.260 e. The Bertz CT molecular complexity index is 700. The van der Waals surface area contributed by atoms with Gasteiger partial charge in [0.25, 0.3) is 5.91 Å². The van der Waals surface area contributed by atoms with Crippen molar-refractivity contribution in [2.24, 2.45) is 7.05 Å². The lowest BCUT2D eigenvalue weighted by atomic mass is 10.1. The van der Waals surface area contributed by atoms with Gasteiger partial charge in [-0.2, -0.15) is 10.1 Å². The molecule has 0 aliphatic rings. The molecule has 2 rings (SSSR count). The first kappa shape index (κ1) is 13.7. The van der Waals surface area contributed by atoms with Crippen molar-refractivity contribution in [1.29, 1.82) is 0 Å². The number of halogens is 1. The molecule has 0 saturated heterocycles. The molecule has 0 radical (unpaired) electrons. The summed E-state index contributed by atoms with van der Waals surface area (Å²) < 4.78 is 15.2. The molecule has 0 saturated carbocycles. The van der Waals surface area contributed by atoms with E-state index >= 15 is 0 Å². The summed E-state index contributed by atoms with van der Waals surface area (Å²) in [4.78, 5) is 15.7. The van der Waals surface area contributed by atoms with E-state index in [-0.39, 0.29) is 18.1 Å². The first-order valence-corrected chi connectivity index (χ1v) is 5.66. The summed E-state index contributed by atoms with van der Waals surface area (Å²) in [7, 11) is 1.60. The van der Waals surface area contributed by atoms with E-state index < -0.39 is 11.7 Å². The number of carbonyl (C=O) groups excluding carboxylic acids is 1. The fraction of sp³-hybridized carbons (Fsp3) is 0.154. The molecular weight excluding hydrogens is 263 g/mol. The maximum atomic E-state index is 13.8. The zero-order valence-corrected chi connectivity index (χ0v) is 10.6.